The Labute approximate surface area is 172 Å². The fourth-order valence-corrected chi connectivity index (χ4v) is 3.50. The number of aromatic amines is 1. The van der Waals surface area contributed by atoms with Crippen LogP contribution in [0.1, 0.15) is 15.9 Å². The standard InChI is InChI=1S/C20H12BrClFN3O2/c21-13-7-10(28-16-4-2-1-3-15(16)23)5-6-11(13)19(27)12-8-25-20-17(12)18(24)14(22)9-26-20/h1-9H,(H3,24,25,26). The molecule has 3 N–H and O–H groups in total. The number of H-pyrrole nitrogens is 1. The summed E-state index contributed by atoms with van der Waals surface area (Å²) in [6.07, 6.45) is 2.97. The van der Waals surface area contributed by atoms with E-state index in [9.17, 15) is 9.18 Å². The number of hydrogen-bond donors (Lipinski definition) is 2. The Morgan fingerprint density at radius 3 is 2.75 bits per heavy atom. The lowest BCUT2D eigenvalue weighted by Gasteiger charge is -2.09. The predicted octanol–water partition coefficient (Wildman–Crippen LogP) is 5.72. The van der Waals surface area contributed by atoms with Gasteiger partial charge in [0.15, 0.2) is 17.3 Å². The highest BCUT2D eigenvalue weighted by Gasteiger charge is 2.20. The van der Waals surface area contributed by atoms with Crippen molar-refractivity contribution in [2.45, 2.75) is 0 Å². The molecule has 4 rings (SSSR count). The highest BCUT2D eigenvalue weighted by Crippen LogP contribution is 2.33. The van der Waals surface area contributed by atoms with Crippen molar-refractivity contribution in [3.05, 3.63) is 81.3 Å². The number of halogens is 3. The lowest BCUT2D eigenvalue weighted by atomic mass is 10.0. The molecule has 0 aliphatic carbocycles. The van der Waals surface area contributed by atoms with E-state index in [2.05, 4.69) is 25.9 Å². The van der Waals surface area contributed by atoms with Crippen LogP contribution in [0.5, 0.6) is 11.5 Å². The Morgan fingerprint density at radius 2 is 2.00 bits per heavy atom. The number of nitrogens with two attached hydrogens (primary N) is 1. The summed E-state index contributed by atoms with van der Waals surface area (Å²) in [6, 6.07) is 10.9. The number of anilines is 1. The van der Waals surface area contributed by atoms with Crippen LogP contribution in [0.2, 0.25) is 5.02 Å². The lowest BCUT2D eigenvalue weighted by Crippen LogP contribution is -2.03. The molecule has 140 valence electrons. The van der Waals surface area contributed by atoms with Gasteiger partial charge in [-0.1, -0.05) is 23.7 Å². The number of ether oxygens (including phenoxy) is 1. The van der Waals surface area contributed by atoms with E-state index in [4.69, 9.17) is 22.1 Å². The van der Waals surface area contributed by atoms with Gasteiger partial charge in [-0.3, -0.25) is 4.79 Å². The smallest absolute Gasteiger partial charge is 0.196 e. The highest BCUT2D eigenvalue weighted by molar-refractivity contribution is 9.10. The summed E-state index contributed by atoms with van der Waals surface area (Å²) >= 11 is 9.42. The summed E-state index contributed by atoms with van der Waals surface area (Å²) in [5.74, 6) is -0.265. The number of para-hydroxylation sites is 1. The summed E-state index contributed by atoms with van der Waals surface area (Å²) < 4.78 is 19.8. The molecule has 0 saturated carbocycles. The van der Waals surface area contributed by atoms with Gasteiger partial charge < -0.3 is 15.5 Å². The van der Waals surface area contributed by atoms with Crippen LogP contribution in [0.15, 0.2) is 59.3 Å². The van der Waals surface area contributed by atoms with Crippen molar-refractivity contribution >= 4 is 50.0 Å². The van der Waals surface area contributed by atoms with Crippen LogP contribution >= 0.6 is 27.5 Å². The SMILES string of the molecule is Nc1c(Cl)cnc2[nH]cc(C(=O)c3ccc(Oc4ccccc4F)cc3Br)c12. The molecule has 5 nitrogen and oxygen atoms in total. The maximum atomic E-state index is 13.8. The minimum absolute atomic E-state index is 0.0959. The number of nitrogens with zero attached hydrogens (tertiary/aromatic N) is 1. The Kier molecular flexibility index (Phi) is 4.78. The van der Waals surface area contributed by atoms with E-state index in [1.807, 2.05) is 0 Å². The summed E-state index contributed by atoms with van der Waals surface area (Å²) in [5, 5.41) is 0.741. The molecule has 4 aromatic rings. The van der Waals surface area contributed by atoms with E-state index in [-0.39, 0.29) is 22.2 Å². The summed E-state index contributed by atoms with van der Waals surface area (Å²) in [6.45, 7) is 0. The zero-order valence-electron chi connectivity index (χ0n) is 14.2. The maximum Gasteiger partial charge on any atom is 0.196 e. The van der Waals surface area contributed by atoms with Crippen molar-refractivity contribution in [3.63, 3.8) is 0 Å². The quantitative estimate of drug-likeness (QED) is 0.381. The zero-order chi connectivity index (χ0) is 19.8. The number of rotatable bonds is 4. The summed E-state index contributed by atoms with van der Waals surface area (Å²) in [7, 11) is 0. The van der Waals surface area contributed by atoms with E-state index in [0.29, 0.717) is 32.4 Å². The third-order valence-electron chi connectivity index (χ3n) is 4.19. The molecule has 0 bridgehead atoms. The molecule has 0 aliphatic rings. The van der Waals surface area contributed by atoms with Gasteiger partial charge in [0.2, 0.25) is 0 Å². The number of nitrogens with one attached hydrogen (secondary N) is 1. The number of benzene rings is 2. The van der Waals surface area contributed by atoms with Crippen molar-refractivity contribution in [1.82, 2.24) is 9.97 Å². The first-order valence-corrected chi connectivity index (χ1v) is 9.30. The average molecular weight is 461 g/mol. The minimum Gasteiger partial charge on any atom is -0.454 e. The molecule has 8 heteroatoms. The fourth-order valence-electron chi connectivity index (χ4n) is 2.82. The fraction of sp³-hybridized carbons (Fsp3) is 0. The Bertz CT molecular complexity index is 1230. The van der Waals surface area contributed by atoms with Gasteiger partial charge in [-0.25, -0.2) is 9.37 Å². The van der Waals surface area contributed by atoms with Gasteiger partial charge in [-0.05, 0) is 46.3 Å². The molecule has 2 aromatic heterocycles. The van der Waals surface area contributed by atoms with E-state index in [0.717, 1.165) is 0 Å². The first-order valence-electron chi connectivity index (χ1n) is 8.13. The van der Waals surface area contributed by atoms with Gasteiger partial charge in [-0.2, -0.15) is 0 Å². The molecule has 28 heavy (non-hydrogen) atoms. The lowest BCUT2D eigenvalue weighted by molar-refractivity contribution is 0.103. The monoisotopic (exact) mass is 459 g/mol. The maximum absolute atomic E-state index is 13.8. The molecular formula is C20H12BrClFN3O2. The average Bonchev–Trinajstić information content (AvgIpc) is 3.11. The van der Waals surface area contributed by atoms with Crippen LogP contribution in [-0.2, 0) is 0 Å². The number of ketones is 1. The largest absolute Gasteiger partial charge is 0.454 e. The predicted molar refractivity (Wildman–Crippen MR) is 110 cm³/mol. The molecule has 0 saturated heterocycles. The molecular weight excluding hydrogens is 449 g/mol. The molecule has 2 heterocycles. The number of fused-ring (bicyclic) bond motifs is 1. The molecule has 0 radical (unpaired) electrons. The molecule has 0 unspecified atom stereocenters. The Hall–Kier alpha value is -2.90. The van der Waals surface area contributed by atoms with E-state index in [1.54, 1.807) is 36.5 Å². The van der Waals surface area contributed by atoms with Crippen molar-refractivity contribution < 1.29 is 13.9 Å². The molecule has 0 fully saturated rings. The number of aromatic nitrogens is 2. The second kappa shape index (κ2) is 7.26. The van der Waals surface area contributed by atoms with Crippen molar-refractivity contribution in [3.8, 4) is 11.5 Å². The second-order valence-corrected chi connectivity index (χ2v) is 7.21. The number of pyridine rings is 1. The first-order chi connectivity index (χ1) is 13.5. The Morgan fingerprint density at radius 1 is 1.21 bits per heavy atom. The third-order valence-corrected chi connectivity index (χ3v) is 5.14. The number of carbonyl (C=O) groups is 1. The van der Waals surface area contributed by atoms with Crippen LogP contribution in [0, 0.1) is 5.82 Å². The van der Waals surface area contributed by atoms with Gasteiger partial charge in [0, 0.05) is 16.2 Å². The molecule has 0 aliphatic heterocycles. The molecule has 0 amide bonds. The topological polar surface area (TPSA) is 81.0 Å². The zero-order valence-corrected chi connectivity index (χ0v) is 16.5. The number of nitrogen functional groups attached to an aromatic ring is 1. The molecule has 0 atom stereocenters. The minimum atomic E-state index is -0.475. The van der Waals surface area contributed by atoms with Gasteiger partial charge in [-0.15, -0.1) is 0 Å². The van der Waals surface area contributed by atoms with Crippen LogP contribution < -0.4 is 10.5 Å². The van der Waals surface area contributed by atoms with Crippen LogP contribution in [-0.4, -0.2) is 15.8 Å². The van der Waals surface area contributed by atoms with Crippen molar-refractivity contribution in [2.75, 3.05) is 5.73 Å². The van der Waals surface area contributed by atoms with Gasteiger partial charge in [0.25, 0.3) is 0 Å². The normalized spacial score (nSPS) is 11.0. The van der Waals surface area contributed by atoms with Crippen LogP contribution in [0.25, 0.3) is 11.0 Å². The van der Waals surface area contributed by atoms with E-state index in [1.165, 1.54) is 18.3 Å². The Balaban J connectivity index is 1.70. The van der Waals surface area contributed by atoms with E-state index < -0.39 is 5.82 Å². The van der Waals surface area contributed by atoms with Gasteiger partial charge in [0.05, 0.1) is 27.9 Å². The van der Waals surface area contributed by atoms with Crippen molar-refractivity contribution in [1.29, 1.82) is 0 Å². The van der Waals surface area contributed by atoms with E-state index >= 15 is 0 Å². The van der Waals surface area contributed by atoms with Crippen LogP contribution in [0.3, 0.4) is 0 Å². The highest BCUT2D eigenvalue weighted by atomic mass is 79.9. The third kappa shape index (κ3) is 3.23. The summed E-state index contributed by atoms with van der Waals surface area (Å²) in [5.41, 5.74) is 7.53. The number of hydrogen-bond acceptors (Lipinski definition) is 4. The number of carbonyl (C=O) groups excluding carboxylic acids is 1. The first kappa shape index (κ1) is 18.5. The second-order valence-electron chi connectivity index (χ2n) is 5.95. The molecule has 0 spiro atoms. The van der Waals surface area contributed by atoms with Crippen LogP contribution in [0.4, 0.5) is 10.1 Å². The summed E-state index contributed by atoms with van der Waals surface area (Å²) in [4.78, 5) is 20.1. The van der Waals surface area contributed by atoms with Gasteiger partial charge >= 0.3 is 0 Å². The molecule has 2 aromatic carbocycles. The van der Waals surface area contributed by atoms with Gasteiger partial charge in [0.1, 0.15) is 11.4 Å². The van der Waals surface area contributed by atoms with Crippen molar-refractivity contribution in [2.24, 2.45) is 0 Å².